The molecule has 1 heterocycles. The molecule has 1 aromatic carbocycles. The number of hydrogen-bond donors (Lipinski definition) is 2. The number of anilines is 1. The number of halogens is 1. The molecule has 0 aromatic heterocycles. The summed E-state index contributed by atoms with van der Waals surface area (Å²) in [7, 11) is 0. The lowest BCUT2D eigenvalue weighted by Gasteiger charge is -2.22. The molecular formula is C15H21IN2O. The van der Waals surface area contributed by atoms with Crippen molar-refractivity contribution in [3.05, 3.63) is 27.3 Å². The van der Waals surface area contributed by atoms with E-state index in [1.807, 2.05) is 19.1 Å². The molecule has 1 saturated heterocycles. The van der Waals surface area contributed by atoms with Crippen LogP contribution in [0.3, 0.4) is 0 Å². The van der Waals surface area contributed by atoms with Crippen molar-refractivity contribution < 1.29 is 4.79 Å². The lowest BCUT2D eigenvalue weighted by atomic mass is 9.94. The average molecular weight is 372 g/mol. The Hall–Kier alpha value is -0.620. The molecule has 1 amide bonds. The van der Waals surface area contributed by atoms with Crippen LogP contribution in [0.25, 0.3) is 0 Å². The molecule has 1 atom stereocenters. The zero-order chi connectivity index (χ0) is 13.7. The normalized spacial score (nSPS) is 19.2. The first kappa shape index (κ1) is 14.8. The zero-order valence-corrected chi connectivity index (χ0v) is 13.5. The van der Waals surface area contributed by atoms with Crippen LogP contribution in [0, 0.1) is 16.4 Å². The maximum absolute atomic E-state index is 12.0. The van der Waals surface area contributed by atoms with Crippen molar-refractivity contribution in [2.24, 2.45) is 5.92 Å². The van der Waals surface area contributed by atoms with Gasteiger partial charge in [-0.25, -0.2) is 0 Å². The summed E-state index contributed by atoms with van der Waals surface area (Å²) >= 11 is 2.28. The fourth-order valence-electron chi connectivity index (χ4n) is 2.49. The van der Waals surface area contributed by atoms with E-state index < -0.39 is 0 Å². The maximum Gasteiger partial charge on any atom is 0.224 e. The first-order valence-electron chi connectivity index (χ1n) is 6.92. The molecule has 2 N–H and O–H groups in total. The number of piperidine rings is 1. The van der Waals surface area contributed by atoms with Crippen LogP contribution in [-0.2, 0) is 4.79 Å². The van der Waals surface area contributed by atoms with Gasteiger partial charge in [0.25, 0.3) is 0 Å². The quantitative estimate of drug-likeness (QED) is 0.797. The molecule has 0 radical (unpaired) electrons. The van der Waals surface area contributed by atoms with Crippen molar-refractivity contribution in [2.45, 2.75) is 32.6 Å². The number of carbonyl (C=O) groups is 1. The van der Waals surface area contributed by atoms with Gasteiger partial charge >= 0.3 is 0 Å². The summed E-state index contributed by atoms with van der Waals surface area (Å²) in [6, 6.07) is 6.09. The minimum Gasteiger partial charge on any atom is -0.326 e. The molecular weight excluding hydrogens is 351 g/mol. The summed E-state index contributed by atoms with van der Waals surface area (Å²) in [5.74, 6) is 0.798. The first-order valence-corrected chi connectivity index (χ1v) is 8.00. The molecule has 104 valence electrons. The van der Waals surface area contributed by atoms with Gasteiger partial charge in [-0.3, -0.25) is 4.79 Å². The van der Waals surface area contributed by atoms with Gasteiger partial charge in [0.05, 0.1) is 0 Å². The molecule has 1 unspecified atom stereocenters. The molecule has 3 nitrogen and oxygen atoms in total. The highest BCUT2D eigenvalue weighted by Gasteiger charge is 2.14. The van der Waals surface area contributed by atoms with Crippen LogP contribution in [0.1, 0.15) is 31.2 Å². The van der Waals surface area contributed by atoms with Gasteiger partial charge < -0.3 is 10.6 Å². The highest BCUT2D eigenvalue weighted by Crippen LogP contribution is 2.19. The number of aryl methyl sites for hydroxylation is 1. The summed E-state index contributed by atoms with van der Waals surface area (Å²) in [6.07, 6.45) is 4.10. The van der Waals surface area contributed by atoms with Gasteiger partial charge in [-0.1, -0.05) is 0 Å². The molecule has 0 spiro atoms. The van der Waals surface area contributed by atoms with Crippen molar-refractivity contribution in [3.63, 3.8) is 0 Å². The smallest absolute Gasteiger partial charge is 0.224 e. The summed E-state index contributed by atoms with van der Waals surface area (Å²) in [5, 5.41) is 6.41. The Kier molecular flexibility index (Phi) is 5.63. The Morgan fingerprint density at radius 2 is 2.37 bits per heavy atom. The monoisotopic (exact) mass is 372 g/mol. The van der Waals surface area contributed by atoms with Gasteiger partial charge in [-0.2, -0.15) is 0 Å². The third kappa shape index (κ3) is 4.76. The van der Waals surface area contributed by atoms with E-state index in [1.165, 1.54) is 16.4 Å². The second-order valence-corrected chi connectivity index (χ2v) is 6.50. The van der Waals surface area contributed by atoms with Crippen LogP contribution in [0.15, 0.2) is 18.2 Å². The molecule has 0 bridgehead atoms. The molecule has 1 aliphatic heterocycles. The Labute approximate surface area is 128 Å². The van der Waals surface area contributed by atoms with Crippen LogP contribution >= 0.6 is 22.6 Å². The number of carbonyl (C=O) groups excluding carboxylic acids is 1. The Morgan fingerprint density at radius 1 is 1.53 bits per heavy atom. The SMILES string of the molecule is Cc1cc(I)ccc1NC(=O)CCC1CCCNC1. The first-order chi connectivity index (χ1) is 9.15. The van der Waals surface area contributed by atoms with Gasteiger partial charge in [0.2, 0.25) is 5.91 Å². The second kappa shape index (κ2) is 7.24. The van der Waals surface area contributed by atoms with Gasteiger partial charge in [0, 0.05) is 15.7 Å². The van der Waals surface area contributed by atoms with Crippen LogP contribution in [0.5, 0.6) is 0 Å². The van der Waals surface area contributed by atoms with E-state index in [0.29, 0.717) is 12.3 Å². The Morgan fingerprint density at radius 3 is 3.05 bits per heavy atom. The lowest BCUT2D eigenvalue weighted by Crippen LogP contribution is -2.30. The highest BCUT2D eigenvalue weighted by atomic mass is 127. The zero-order valence-electron chi connectivity index (χ0n) is 11.3. The standard InChI is InChI=1S/C15H21IN2O/c1-11-9-13(16)5-6-14(11)18-15(19)7-4-12-3-2-8-17-10-12/h5-6,9,12,17H,2-4,7-8,10H2,1H3,(H,18,19). The van der Waals surface area contributed by atoms with E-state index >= 15 is 0 Å². The number of amides is 1. The van der Waals surface area contributed by atoms with Crippen LogP contribution < -0.4 is 10.6 Å². The highest BCUT2D eigenvalue weighted by molar-refractivity contribution is 14.1. The van der Waals surface area contributed by atoms with Gasteiger partial charge in [0.1, 0.15) is 0 Å². The summed E-state index contributed by atoms with van der Waals surface area (Å²) in [6.45, 7) is 4.23. The van der Waals surface area contributed by atoms with E-state index in [2.05, 4.69) is 39.3 Å². The topological polar surface area (TPSA) is 41.1 Å². The third-order valence-corrected chi connectivity index (χ3v) is 4.31. The van der Waals surface area contributed by atoms with E-state index in [0.717, 1.165) is 30.8 Å². The molecule has 4 heteroatoms. The van der Waals surface area contributed by atoms with E-state index in [9.17, 15) is 4.79 Å². The maximum atomic E-state index is 12.0. The number of hydrogen-bond acceptors (Lipinski definition) is 2. The third-order valence-electron chi connectivity index (χ3n) is 3.64. The van der Waals surface area contributed by atoms with Crippen LogP contribution in [-0.4, -0.2) is 19.0 Å². The predicted octanol–water partition coefficient (Wildman–Crippen LogP) is 3.32. The van der Waals surface area contributed by atoms with Crippen LogP contribution in [0.2, 0.25) is 0 Å². The largest absolute Gasteiger partial charge is 0.326 e. The van der Waals surface area contributed by atoms with Gasteiger partial charge in [0.15, 0.2) is 0 Å². The summed E-state index contributed by atoms with van der Waals surface area (Å²) < 4.78 is 1.20. The van der Waals surface area contributed by atoms with Gasteiger partial charge in [-0.05, 0) is 91.5 Å². The lowest BCUT2D eigenvalue weighted by molar-refractivity contribution is -0.116. The van der Waals surface area contributed by atoms with Gasteiger partial charge in [-0.15, -0.1) is 0 Å². The van der Waals surface area contributed by atoms with Crippen molar-refractivity contribution in [2.75, 3.05) is 18.4 Å². The Balaban J connectivity index is 1.80. The molecule has 0 aliphatic carbocycles. The van der Waals surface area contributed by atoms with Crippen molar-refractivity contribution in [1.82, 2.24) is 5.32 Å². The predicted molar refractivity (Wildman–Crippen MR) is 87.4 cm³/mol. The van der Waals surface area contributed by atoms with Crippen molar-refractivity contribution >= 4 is 34.2 Å². The molecule has 0 saturated carbocycles. The van der Waals surface area contributed by atoms with E-state index in [1.54, 1.807) is 0 Å². The molecule has 2 rings (SSSR count). The fourth-order valence-corrected chi connectivity index (χ4v) is 3.13. The van der Waals surface area contributed by atoms with Crippen molar-refractivity contribution in [3.8, 4) is 0 Å². The summed E-state index contributed by atoms with van der Waals surface area (Å²) in [4.78, 5) is 12.0. The fraction of sp³-hybridized carbons (Fsp3) is 0.533. The van der Waals surface area contributed by atoms with Crippen molar-refractivity contribution in [1.29, 1.82) is 0 Å². The van der Waals surface area contributed by atoms with E-state index in [4.69, 9.17) is 0 Å². The molecule has 1 aliphatic rings. The van der Waals surface area contributed by atoms with Crippen LogP contribution in [0.4, 0.5) is 5.69 Å². The summed E-state index contributed by atoms with van der Waals surface area (Å²) in [5.41, 5.74) is 2.06. The Bertz CT molecular complexity index is 442. The second-order valence-electron chi connectivity index (χ2n) is 5.26. The molecule has 1 fully saturated rings. The number of nitrogens with one attached hydrogen (secondary N) is 2. The number of benzene rings is 1. The average Bonchev–Trinajstić information content (AvgIpc) is 2.41. The minimum atomic E-state index is 0.134. The number of rotatable bonds is 4. The van der Waals surface area contributed by atoms with E-state index in [-0.39, 0.29) is 5.91 Å². The molecule has 1 aromatic rings. The molecule has 19 heavy (non-hydrogen) atoms. The minimum absolute atomic E-state index is 0.134.